The monoisotopic (exact) mass is 163 g/mol. The molecule has 0 aromatic rings. The summed E-state index contributed by atoms with van der Waals surface area (Å²) < 4.78 is 4.90. The highest BCUT2D eigenvalue weighted by Gasteiger charge is 2.39. The van der Waals surface area contributed by atoms with Gasteiger partial charge in [-0.05, 0) is 6.92 Å². The van der Waals surface area contributed by atoms with Crippen LogP contribution in [0.1, 0.15) is 6.92 Å². The second-order valence-corrected chi connectivity index (χ2v) is 2.78. The van der Waals surface area contributed by atoms with Gasteiger partial charge in [0.25, 0.3) is 0 Å². The first kappa shape index (κ1) is 8.89. The van der Waals surface area contributed by atoms with E-state index in [2.05, 4.69) is 0 Å². The molecule has 1 fully saturated rings. The minimum atomic E-state index is -1.21. The highest BCUT2D eigenvalue weighted by Crippen LogP contribution is 2.17. The van der Waals surface area contributed by atoms with E-state index >= 15 is 0 Å². The Morgan fingerprint density at radius 3 is 2.18 bits per heavy atom. The zero-order valence-corrected chi connectivity index (χ0v) is 6.21. The molecule has 0 aromatic carbocycles. The molecule has 0 amide bonds. The van der Waals surface area contributed by atoms with Crippen molar-refractivity contribution in [3.05, 3.63) is 0 Å². The van der Waals surface area contributed by atoms with Gasteiger partial charge < -0.3 is 25.8 Å². The van der Waals surface area contributed by atoms with Crippen LogP contribution < -0.4 is 5.73 Å². The van der Waals surface area contributed by atoms with Gasteiger partial charge in [0.1, 0.15) is 24.5 Å². The van der Waals surface area contributed by atoms with Crippen molar-refractivity contribution >= 4 is 0 Å². The summed E-state index contributed by atoms with van der Waals surface area (Å²) in [5.74, 6) is 0. The number of aliphatic hydroxyl groups is 3. The maximum absolute atomic E-state index is 9.14. The van der Waals surface area contributed by atoms with Crippen LogP contribution in [0.2, 0.25) is 0 Å². The Morgan fingerprint density at radius 2 is 1.64 bits per heavy atom. The van der Waals surface area contributed by atoms with Crippen LogP contribution in [-0.4, -0.2) is 46.0 Å². The smallest absolute Gasteiger partial charge is 0.135 e. The number of nitrogens with two attached hydrogens (primary N) is 1. The van der Waals surface area contributed by atoms with Gasteiger partial charge in [0, 0.05) is 0 Å². The normalized spacial score (nSPS) is 52.6. The lowest BCUT2D eigenvalue weighted by Crippen LogP contribution is -2.59. The molecule has 66 valence electrons. The fourth-order valence-electron chi connectivity index (χ4n) is 1.08. The molecule has 1 unspecified atom stereocenters. The van der Waals surface area contributed by atoms with Crippen LogP contribution in [0.5, 0.6) is 0 Å². The molecule has 1 saturated heterocycles. The first-order chi connectivity index (χ1) is 5.04. The van der Waals surface area contributed by atoms with Gasteiger partial charge in [0.05, 0.1) is 6.10 Å². The van der Waals surface area contributed by atoms with Gasteiger partial charge in [-0.2, -0.15) is 0 Å². The lowest BCUT2D eigenvalue weighted by Gasteiger charge is -2.37. The van der Waals surface area contributed by atoms with Gasteiger partial charge in [-0.15, -0.1) is 0 Å². The third kappa shape index (κ3) is 1.52. The second-order valence-electron chi connectivity index (χ2n) is 2.78. The predicted molar refractivity (Wildman–Crippen MR) is 36.5 cm³/mol. The van der Waals surface area contributed by atoms with Gasteiger partial charge in [-0.1, -0.05) is 0 Å². The Labute approximate surface area is 64.4 Å². The summed E-state index contributed by atoms with van der Waals surface area (Å²) in [5.41, 5.74) is 5.28. The Bertz CT molecular complexity index is 129. The molecule has 1 aliphatic heterocycles. The third-order valence-electron chi connectivity index (χ3n) is 1.89. The van der Waals surface area contributed by atoms with E-state index < -0.39 is 30.6 Å². The summed E-state index contributed by atoms with van der Waals surface area (Å²) in [7, 11) is 0. The molecule has 5 nitrogen and oxygen atoms in total. The van der Waals surface area contributed by atoms with E-state index in [0.717, 1.165) is 0 Å². The molecule has 0 aliphatic carbocycles. The average molecular weight is 163 g/mol. The minimum Gasteiger partial charge on any atom is -0.388 e. The average Bonchev–Trinajstić information content (AvgIpc) is 1.97. The lowest BCUT2D eigenvalue weighted by atomic mass is 9.99. The van der Waals surface area contributed by atoms with Crippen molar-refractivity contribution in [2.45, 2.75) is 37.6 Å². The summed E-state index contributed by atoms with van der Waals surface area (Å²) in [4.78, 5) is 0. The van der Waals surface area contributed by atoms with Gasteiger partial charge in [-0.25, -0.2) is 0 Å². The van der Waals surface area contributed by atoms with Crippen LogP contribution in [0, 0.1) is 0 Å². The first-order valence-electron chi connectivity index (χ1n) is 3.49. The molecule has 0 radical (unpaired) electrons. The summed E-state index contributed by atoms with van der Waals surface area (Å²) >= 11 is 0. The van der Waals surface area contributed by atoms with Crippen molar-refractivity contribution < 1.29 is 20.1 Å². The number of rotatable bonds is 0. The summed E-state index contributed by atoms with van der Waals surface area (Å²) in [5, 5.41) is 27.3. The summed E-state index contributed by atoms with van der Waals surface area (Å²) in [6.45, 7) is 1.58. The molecular formula is C6H13NO4. The predicted octanol–water partition coefficient (Wildman–Crippen LogP) is -2.23. The van der Waals surface area contributed by atoms with E-state index in [9.17, 15) is 0 Å². The Balaban J connectivity index is 2.63. The summed E-state index contributed by atoms with van der Waals surface area (Å²) in [6.07, 6.45) is -4.94. The fraction of sp³-hybridized carbons (Fsp3) is 1.00. The first-order valence-corrected chi connectivity index (χ1v) is 3.49. The van der Waals surface area contributed by atoms with E-state index in [4.69, 9.17) is 25.8 Å². The molecule has 11 heavy (non-hydrogen) atoms. The molecule has 0 bridgehead atoms. The maximum atomic E-state index is 9.14. The van der Waals surface area contributed by atoms with Crippen molar-refractivity contribution in [1.82, 2.24) is 0 Å². The number of ether oxygens (including phenoxy) is 1. The standard InChI is InChI=1S/C6H13NO4/c1-2-3(8)4(9)5(10)6(7)11-2/h2-6,8-10H,7H2,1H3/t2-,3-,4+,5+,6?/m1/s1. The number of hydrogen-bond donors (Lipinski definition) is 4. The highest BCUT2D eigenvalue weighted by atomic mass is 16.5. The number of hydrogen-bond acceptors (Lipinski definition) is 5. The highest BCUT2D eigenvalue weighted by molar-refractivity contribution is 4.87. The van der Waals surface area contributed by atoms with E-state index in [0.29, 0.717) is 0 Å². The Morgan fingerprint density at radius 1 is 1.09 bits per heavy atom. The van der Waals surface area contributed by atoms with E-state index in [1.165, 1.54) is 0 Å². The molecule has 5 N–H and O–H groups in total. The SMILES string of the molecule is C[C@H]1OC(N)[C@@H](O)[C@@H](O)[C@@H]1O. The molecule has 0 saturated carbocycles. The van der Waals surface area contributed by atoms with Crippen LogP contribution in [-0.2, 0) is 4.74 Å². The van der Waals surface area contributed by atoms with Crippen LogP contribution in [0.15, 0.2) is 0 Å². The summed E-state index contributed by atoms with van der Waals surface area (Å²) in [6, 6.07) is 0. The molecule has 1 rings (SSSR count). The van der Waals surface area contributed by atoms with Gasteiger partial charge in [0.15, 0.2) is 0 Å². The fourth-order valence-corrected chi connectivity index (χ4v) is 1.08. The molecule has 5 heteroatoms. The van der Waals surface area contributed by atoms with Gasteiger partial charge in [-0.3, -0.25) is 0 Å². The van der Waals surface area contributed by atoms with Crippen LogP contribution >= 0.6 is 0 Å². The van der Waals surface area contributed by atoms with Crippen LogP contribution in [0.3, 0.4) is 0 Å². The van der Waals surface area contributed by atoms with Crippen molar-refractivity contribution in [3.63, 3.8) is 0 Å². The third-order valence-corrected chi connectivity index (χ3v) is 1.89. The van der Waals surface area contributed by atoms with Crippen LogP contribution in [0.4, 0.5) is 0 Å². The Hall–Kier alpha value is -0.200. The Kier molecular flexibility index (Phi) is 2.46. The van der Waals surface area contributed by atoms with Gasteiger partial charge in [0.2, 0.25) is 0 Å². The molecule has 0 spiro atoms. The van der Waals surface area contributed by atoms with Crippen molar-refractivity contribution in [1.29, 1.82) is 0 Å². The molecular weight excluding hydrogens is 150 g/mol. The molecule has 5 atom stereocenters. The minimum absolute atomic E-state index is 0.539. The lowest BCUT2D eigenvalue weighted by molar-refractivity contribution is -0.215. The topological polar surface area (TPSA) is 95.9 Å². The van der Waals surface area contributed by atoms with E-state index in [1.807, 2.05) is 0 Å². The van der Waals surface area contributed by atoms with Gasteiger partial charge >= 0.3 is 0 Å². The maximum Gasteiger partial charge on any atom is 0.135 e. The molecule has 1 aliphatic rings. The van der Waals surface area contributed by atoms with Crippen LogP contribution in [0.25, 0.3) is 0 Å². The van der Waals surface area contributed by atoms with Crippen molar-refractivity contribution in [3.8, 4) is 0 Å². The van der Waals surface area contributed by atoms with E-state index in [-0.39, 0.29) is 0 Å². The molecule has 0 aromatic heterocycles. The molecule has 1 heterocycles. The van der Waals surface area contributed by atoms with Crippen molar-refractivity contribution in [2.24, 2.45) is 5.73 Å². The van der Waals surface area contributed by atoms with E-state index in [1.54, 1.807) is 6.92 Å². The quantitative estimate of drug-likeness (QED) is 0.324. The largest absolute Gasteiger partial charge is 0.388 e. The van der Waals surface area contributed by atoms with Crippen molar-refractivity contribution in [2.75, 3.05) is 0 Å². The zero-order chi connectivity index (χ0) is 8.59. The zero-order valence-electron chi connectivity index (χ0n) is 6.21. The number of aliphatic hydroxyl groups excluding tert-OH is 3. The second kappa shape index (κ2) is 3.04.